The number of aromatic nitrogens is 1. The number of fused-ring (bicyclic) bond motifs is 1. The summed E-state index contributed by atoms with van der Waals surface area (Å²) in [4.78, 5) is 3.09. The average Bonchev–Trinajstić information content (AvgIpc) is 2.92. The number of H-pyrrole nitrogens is 1. The first-order chi connectivity index (χ1) is 9.34. The summed E-state index contributed by atoms with van der Waals surface area (Å²) in [5.41, 5.74) is 3.08. The quantitative estimate of drug-likeness (QED) is 0.719. The first-order valence-electron chi connectivity index (χ1n) is 6.34. The van der Waals surface area contributed by atoms with Gasteiger partial charge in [-0.2, -0.15) is 0 Å². The van der Waals surface area contributed by atoms with Crippen LogP contribution in [0.4, 0.5) is 0 Å². The maximum absolute atomic E-state index is 10.2. The number of phenolic OH excluding ortho intramolecular Hbond substituents is 1. The lowest BCUT2D eigenvalue weighted by atomic mass is 10.1. The summed E-state index contributed by atoms with van der Waals surface area (Å²) in [5, 5.41) is 11.1. The molecule has 0 amide bonds. The molecule has 19 heavy (non-hydrogen) atoms. The lowest BCUT2D eigenvalue weighted by molar-refractivity contribution is 0.476. The van der Waals surface area contributed by atoms with E-state index >= 15 is 0 Å². The van der Waals surface area contributed by atoms with Crippen molar-refractivity contribution in [3.05, 3.63) is 71.9 Å². The molecule has 0 atom stereocenters. The van der Waals surface area contributed by atoms with Crippen LogP contribution in [0.25, 0.3) is 17.0 Å². The van der Waals surface area contributed by atoms with Crippen molar-refractivity contribution in [1.29, 1.82) is 0 Å². The van der Waals surface area contributed by atoms with Gasteiger partial charge in [0.2, 0.25) is 0 Å². The summed E-state index contributed by atoms with van der Waals surface area (Å²) in [6.45, 7) is 0. The monoisotopic (exact) mass is 249 g/mol. The normalized spacial score (nSPS) is 11.4. The Morgan fingerprint density at radius 3 is 2.68 bits per heavy atom. The minimum Gasteiger partial charge on any atom is -0.507 e. The van der Waals surface area contributed by atoms with E-state index < -0.39 is 0 Å². The van der Waals surface area contributed by atoms with Gasteiger partial charge in [0, 0.05) is 17.1 Å². The molecule has 1 aromatic heterocycles. The molecule has 2 nitrogen and oxygen atoms in total. The second-order valence-electron chi connectivity index (χ2n) is 4.53. The van der Waals surface area contributed by atoms with Gasteiger partial charge in [-0.3, -0.25) is 0 Å². The fourth-order valence-corrected chi connectivity index (χ4v) is 2.21. The molecule has 2 heteroatoms. The van der Waals surface area contributed by atoms with Gasteiger partial charge in [0.1, 0.15) is 5.75 Å². The number of nitrogens with one attached hydrogen (secondary N) is 1. The van der Waals surface area contributed by atoms with E-state index in [1.54, 1.807) is 0 Å². The number of phenols is 1. The van der Waals surface area contributed by atoms with Gasteiger partial charge < -0.3 is 10.1 Å². The molecule has 3 aromatic rings. The molecule has 3 rings (SSSR count). The van der Waals surface area contributed by atoms with Gasteiger partial charge in [0.05, 0.1) is 0 Å². The molecule has 94 valence electrons. The zero-order chi connectivity index (χ0) is 13.1. The number of rotatable bonds is 3. The van der Waals surface area contributed by atoms with Crippen molar-refractivity contribution < 1.29 is 5.11 Å². The van der Waals surface area contributed by atoms with Crippen molar-refractivity contribution in [2.45, 2.75) is 6.42 Å². The van der Waals surface area contributed by atoms with Crippen LogP contribution in [-0.4, -0.2) is 10.1 Å². The van der Waals surface area contributed by atoms with Crippen LogP contribution in [0.15, 0.2) is 60.8 Å². The fourth-order valence-electron chi connectivity index (χ4n) is 2.21. The molecule has 0 aliphatic rings. The minimum atomic E-state index is 0.372. The molecule has 0 aliphatic heterocycles. The second-order valence-corrected chi connectivity index (χ2v) is 4.53. The number of benzene rings is 2. The van der Waals surface area contributed by atoms with E-state index in [1.165, 1.54) is 5.56 Å². The van der Waals surface area contributed by atoms with Crippen LogP contribution < -0.4 is 0 Å². The third-order valence-corrected chi connectivity index (χ3v) is 3.24. The Labute approximate surface area is 112 Å². The molecule has 0 spiro atoms. The first kappa shape index (κ1) is 11.6. The van der Waals surface area contributed by atoms with Gasteiger partial charge in [0.25, 0.3) is 0 Å². The lowest BCUT2D eigenvalue weighted by Gasteiger charge is -2.02. The smallest absolute Gasteiger partial charge is 0.128 e. The Morgan fingerprint density at radius 1 is 1.00 bits per heavy atom. The number of aromatic hydroxyl groups is 1. The third kappa shape index (κ3) is 2.38. The summed E-state index contributed by atoms with van der Waals surface area (Å²) in [5.74, 6) is 0.372. The zero-order valence-electron chi connectivity index (χ0n) is 10.5. The highest BCUT2D eigenvalue weighted by molar-refractivity contribution is 5.86. The van der Waals surface area contributed by atoms with Crippen molar-refractivity contribution in [2.75, 3.05) is 0 Å². The van der Waals surface area contributed by atoms with E-state index in [-0.39, 0.29) is 0 Å². The Bertz CT molecular complexity index is 710. The van der Waals surface area contributed by atoms with Crippen molar-refractivity contribution in [1.82, 2.24) is 4.98 Å². The van der Waals surface area contributed by atoms with Gasteiger partial charge >= 0.3 is 0 Å². The van der Waals surface area contributed by atoms with E-state index in [9.17, 15) is 5.11 Å². The second kappa shape index (κ2) is 5.02. The molecule has 0 radical (unpaired) electrons. The molecule has 2 N–H and O–H groups in total. The van der Waals surface area contributed by atoms with E-state index in [4.69, 9.17) is 0 Å². The van der Waals surface area contributed by atoms with Gasteiger partial charge in [-0.25, -0.2) is 0 Å². The van der Waals surface area contributed by atoms with Gasteiger partial charge in [-0.05, 0) is 29.7 Å². The maximum Gasteiger partial charge on any atom is 0.128 e. The van der Waals surface area contributed by atoms with E-state index in [2.05, 4.69) is 29.3 Å². The average molecular weight is 249 g/mol. The van der Waals surface area contributed by atoms with E-state index in [0.717, 1.165) is 22.9 Å². The highest BCUT2D eigenvalue weighted by Gasteiger charge is 2.05. The molecular formula is C17H15NO. The van der Waals surface area contributed by atoms with Gasteiger partial charge in [-0.1, -0.05) is 48.6 Å². The minimum absolute atomic E-state index is 0.372. The van der Waals surface area contributed by atoms with Crippen LogP contribution in [0.5, 0.6) is 5.75 Å². The summed E-state index contributed by atoms with van der Waals surface area (Å²) >= 11 is 0. The predicted molar refractivity (Wildman–Crippen MR) is 79.1 cm³/mol. The van der Waals surface area contributed by atoms with Crippen LogP contribution in [0, 0.1) is 0 Å². The number of aromatic amines is 1. The molecule has 0 saturated carbocycles. The van der Waals surface area contributed by atoms with Crippen LogP contribution in [0.1, 0.15) is 11.1 Å². The highest BCUT2D eigenvalue weighted by Crippen LogP contribution is 2.28. The Hall–Kier alpha value is -2.48. The predicted octanol–water partition coefficient (Wildman–Crippen LogP) is 4.13. The lowest BCUT2D eigenvalue weighted by Crippen LogP contribution is -1.83. The van der Waals surface area contributed by atoms with Crippen molar-refractivity contribution >= 4 is 17.0 Å². The number of hydrogen-bond acceptors (Lipinski definition) is 1. The molecule has 1 heterocycles. The third-order valence-electron chi connectivity index (χ3n) is 3.24. The highest BCUT2D eigenvalue weighted by atomic mass is 16.3. The zero-order valence-corrected chi connectivity index (χ0v) is 10.5. The fraction of sp³-hybridized carbons (Fsp3) is 0.0588. The van der Waals surface area contributed by atoms with Crippen LogP contribution in [-0.2, 0) is 6.42 Å². The standard InChI is InChI=1S/C17H15NO/c19-17-14(9-10-16-15(17)11-12-18-16)8-4-7-13-5-2-1-3-6-13/h1-7,9-12,18-19H,8H2/b7-4+. The first-order valence-corrected chi connectivity index (χ1v) is 6.34. The molecular weight excluding hydrogens is 234 g/mol. The van der Waals surface area contributed by atoms with Crippen molar-refractivity contribution in [3.63, 3.8) is 0 Å². The van der Waals surface area contributed by atoms with E-state index in [1.807, 2.05) is 42.6 Å². The van der Waals surface area contributed by atoms with Crippen molar-refractivity contribution in [3.8, 4) is 5.75 Å². The van der Waals surface area contributed by atoms with Crippen molar-refractivity contribution in [2.24, 2.45) is 0 Å². The molecule has 0 aliphatic carbocycles. The Morgan fingerprint density at radius 2 is 1.84 bits per heavy atom. The van der Waals surface area contributed by atoms with Crippen LogP contribution in [0.2, 0.25) is 0 Å². The SMILES string of the molecule is Oc1c(C/C=C/c2ccccc2)ccc2[nH]ccc12. The summed E-state index contributed by atoms with van der Waals surface area (Å²) in [6, 6.07) is 16.0. The molecule has 0 saturated heterocycles. The van der Waals surface area contributed by atoms with E-state index in [0.29, 0.717) is 5.75 Å². The molecule has 0 unspecified atom stereocenters. The van der Waals surface area contributed by atoms with Gasteiger partial charge in [-0.15, -0.1) is 0 Å². The van der Waals surface area contributed by atoms with Crippen LogP contribution >= 0.6 is 0 Å². The topological polar surface area (TPSA) is 36.0 Å². The molecule has 0 fully saturated rings. The molecule has 2 aromatic carbocycles. The largest absolute Gasteiger partial charge is 0.507 e. The Kier molecular flexibility index (Phi) is 3.07. The molecule has 0 bridgehead atoms. The van der Waals surface area contributed by atoms with Crippen LogP contribution in [0.3, 0.4) is 0 Å². The number of hydrogen-bond donors (Lipinski definition) is 2. The van der Waals surface area contributed by atoms with Gasteiger partial charge in [0.15, 0.2) is 0 Å². The number of allylic oxidation sites excluding steroid dienone is 1. The summed E-state index contributed by atoms with van der Waals surface area (Å²) in [6.07, 6.45) is 6.71. The Balaban J connectivity index is 1.82. The summed E-state index contributed by atoms with van der Waals surface area (Å²) < 4.78 is 0. The maximum atomic E-state index is 10.2. The summed E-state index contributed by atoms with van der Waals surface area (Å²) in [7, 11) is 0.